The third-order valence-corrected chi connectivity index (χ3v) is 5.85. The van der Waals surface area contributed by atoms with Crippen molar-refractivity contribution in [2.75, 3.05) is 0 Å². The lowest BCUT2D eigenvalue weighted by molar-refractivity contribution is -0.137. The number of halogens is 3. The number of rotatable bonds is 8. The molecule has 0 aliphatic heterocycles. The molecular formula is C24H21F3N2O4S. The highest BCUT2D eigenvalue weighted by Crippen LogP contribution is 2.36. The number of nitrogens with zero attached hydrogens (tertiary/aromatic N) is 1. The number of hydrogen-bond donors (Lipinski definition) is 2. The second-order valence-corrected chi connectivity index (χ2v) is 8.79. The molecular weight excluding hydrogens is 469 g/mol. The number of carbonyl (C=O) groups excluding carboxylic acids is 1. The fourth-order valence-electron chi connectivity index (χ4n) is 3.32. The normalized spacial score (nSPS) is 12.1. The molecule has 1 amide bonds. The van der Waals surface area contributed by atoms with E-state index in [0.29, 0.717) is 24.6 Å². The first-order valence-electron chi connectivity index (χ1n) is 10.2. The number of benzene rings is 3. The van der Waals surface area contributed by atoms with Gasteiger partial charge in [-0.1, -0.05) is 54.6 Å². The minimum atomic E-state index is -4.81. The molecule has 0 fully saturated rings. The quantitative estimate of drug-likeness (QED) is 0.261. The molecule has 0 aromatic heterocycles. The summed E-state index contributed by atoms with van der Waals surface area (Å²) in [6.07, 6.45) is -1.98. The molecule has 0 spiro atoms. The molecule has 0 saturated carbocycles. The van der Waals surface area contributed by atoms with Crippen LogP contribution in [0, 0.1) is 0 Å². The maximum absolute atomic E-state index is 13.2. The molecule has 0 bridgehead atoms. The summed E-state index contributed by atoms with van der Waals surface area (Å²) in [5.41, 5.74) is 2.38. The molecule has 34 heavy (non-hydrogen) atoms. The summed E-state index contributed by atoms with van der Waals surface area (Å²) in [7, 11) is -4.81. The number of nitrogens with one attached hydrogen (secondary N) is 1. The van der Waals surface area contributed by atoms with Gasteiger partial charge < -0.3 is 0 Å². The SMILES string of the molecule is O=C(CCCc1ccccc1)N/N=C/c1ccccc1-c1cc(C(F)(F)F)ccc1S(=O)(=O)O. The summed E-state index contributed by atoms with van der Waals surface area (Å²) in [6, 6.07) is 17.6. The van der Waals surface area contributed by atoms with E-state index in [2.05, 4.69) is 10.5 Å². The van der Waals surface area contributed by atoms with Gasteiger partial charge in [0.15, 0.2) is 0 Å². The van der Waals surface area contributed by atoms with E-state index in [9.17, 15) is 30.9 Å². The molecule has 3 aromatic rings. The lowest BCUT2D eigenvalue weighted by Gasteiger charge is -2.14. The van der Waals surface area contributed by atoms with E-state index in [-0.39, 0.29) is 29.0 Å². The topological polar surface area (TPSA) is 95.8 Å². The molecule has 3 rings (SSSR count). The van der Waals surface area contributed by atoms with Crippen molar-refractivity contribution in [2.24, 2.45) is 5.10 Å². The van der Waals surface area contributed by atoms with Gasteiger partial charge in [-0.15, -0.1) is 0 Å². The van der Waals surface area contributed by atoms with Crippen molar-refractivity contribution in [1.29, 1.82) is 0 Å². The van der Waals surface area contributed by atoms with E-state index >= 15 is 0 Å². The van der Waals surface area contributed by atoms with Gasteiger partial charge in [0.05, 0.1) is 11.8 Å². The molecule has 0 saturated heterocycles. The average Bonchev–Trinajstić information content (AvgIpc) is 2.78. The zero-order valence-corrected chi connectivity index (χ0v) is 18.6. The Labute approximate surface area is 194 Å². The van der Waals surface area contributed by atoms with Gasteiger partial charge >= 0.3 is 6.18 Å². The van der Waals surface area contributed by atoms with E-state index < -0.39 is 26.8 Å². The lowest BCUT2D eigenvalue weighted by atomic mass is 9.98. The highest BCUT2D eigenvalue weighted by atomic mass is 32.2. The van der Waals surface area contributed by atoms with E-state index in [1.54, 1.807) is 6.07 Å². The maximum Gasteiger partial charge on any atom is 0.416 e. The smallest absolute Gasteiger partial charge is 0.282 e. The highest BCUT2D eigenvalue weighted by molar-refractivity contribution is 7.86. The standard InChI is InChI=1S/C24H21F3N2O4S/c25-24(26,27)19-13-14-22(34(31,32)33)21(15-19)20-11-5-4-10-18(20)16-28-29-23(30)12-6-9-17-7-2-1-3-8-17/h1-5,7-8,10-11,13-16H,6,9,12H2,(H,29,30)(H,31,32,33)/b28-16+. The fraction of sp³-hybridized carbons (Fsp3) is 0.167. The Kier molecular flexibility index (Phi) is 7.85. The van der Waals surface area contributed by atoms with Crippen molar-refractivity contribution in [3.05, 3.63) is 89.5 Å². The van der Waals surface area contributed by atoms with Crippen LogP contribution in [0.2, 0.25) is 0 Å². The monoisotopic (exact) mass is 490 g/mol. The molecule has 10 heteroatoms. The number of aryl methyl sites for hydroxylation is 1. The van der Waals surface area contributed by atoms with Crippen molar-refractivity contribution in [1.82, 2.24) is 5.43 Å². The first-order chi connectivity index (χ1) is 16.1. The van der Waals surface area contributed by atoms with E-state index in [4.69, 9.17) is 0 Å². The van der Waals surface area contributed by atoms with Crippen molar-refractivity contribution in [3.8, 4) is 11.1 Å². The van der Waals surface area contributed by atoms with Gasteiger partial charge in [0, 0.05) is 17.5 Å². The predicted octanol–water partition coefficient (Wildman–Crippen LogP) is 5.09. The summed E-state index contributed by atoms with van der Waals surface area (Å²) in [5.74, 6) is -0.345. The van der Waals surface area contributed by atoms with Crippen LogP contribution >= 0.6 is 0 Å². The van der Waals surface area contributed by atoms with Crippen LogP contribution in [-0.4, -0.2) is 25.1 Å². The van der Waals surface area contributed by atoms with Crippen molar-refractivity contribution < 1.29 is 30.9 Å². The minimum Gasteiger partial charge on any atom is -0.282 e. The predicted molar refractivity (Wildman–Crippen MR) is 122 cm³/mol. The van der Waals surface area contributed by atoms with E-state index in [1.807, 2.05) is 30.3 Å². The van der Waals surface area contributed by atoms with Gasteiger partial charge in [-0.25, -0.2) is 5.43 Å². The van der Waals surface area contributed by atoms with Crippen molar-refractivity contribution in [2.45, 2.75) is 30.3 Å². The Morgan fingerprint density at radius 2 is 1.65 bits per heavy atom. The number of alkyl halides is 3. The second kappa shape index (κ2) is 10.6. The van der Waals surface area contributed by atoms with E-state index in [0.717, 1.165) is 12.0 Å². The zero-order valence-electron chi connectivity index (χ0n) is 17.8. The van der Waals surface area contributed by atoms with Gasteiger partial charge in [0.25, 0.3) is 10.1 Å². The molecule has 178 valence electrons. The summed E-state index contributed by atoms with van der Waals surface area (Å²) in [4.78, 5) is 11.4. The Hall–Kier alpha value is -3.50. The average molecular weight is 491 g/mol. The molecule has 0 radical (unpaired) electrons. The van der Waals surface area contributed by atoms with Gasteiger partial charge in [0.1, 0.15) is 4.90 Å². The van der Waals surface area contributed by atoms with Crippen LogP contribution in [0.15, 0.2) is 82.8 Å². The van der Waals surface area contributed by atoms with Crippen LogP contribution < -0.4 is 5.43 Å². The Morgan fingerprint density at radius 1 is 0.971 bits per heavy atom. The molecule has 0 aliphatic carbocycles. The summed E-state index contributed by atoms with van der Waals surface area (Å²) in [6.45, 7) is 0. The number of carbonyl (C=O) groups is 1. The fourth-order valence-corrected chi connectivity index (χ4v) is 4.01. The van der Waals surface area contributed by atoms with Crippen LogP contribution in [0.1, 0.15) is 29.5 Å². The second-order valence-electron chi connectivity index (χ2n) is 7.40. The van der Waals surface area contributed by atoms with Crippen LogP contribution in [-0.2, 0) is 27.5 Å². The molecule has 2 N–H and O–H groups in total. The third-order valence-electron chi connectivity index (χ3n) is 4.94. The minimum absolute atomic E-state index is 0.0864. The van der Waals surface area contributed by atoms with Gasteiger partial charge in [-0.2, -0.15) is 26.7 Å². The zero-order chi connectivity index (χ0) is 24.8. The molecule has 0 heterocycles. The molecule has 0 unspecified atom stereocenters. The largest absolute Gasteiger partial charge is 0.416 e. The Balaban J connectivity index is 1.79. The van der Waals surface area contributed by atoms with Crippen LogP contribution in [0.5, 0.6) is 0 Å². The van der Waals surface area contributed by atoms with Crippen LogP contribution in [0.3, 0.4) is 0 Å². The maximum atomic E-state index is 13.2. The number of amides is 1. The van der Waals surface area contributed by atoms with Gasteiger partial charge in [-0.3, -0.25) is 9.35 Å². The molecule has 0 atom stereocenters. The van der Waals surface area contributed by atoms with E-state index in [1.165, 1.54) is 24.4 Å². The lowest BCUT2D eigenvalue weighted by Crippen LogP contribution is -2.17. The molecule has 3 aromatic carbocycles. The summed E-state index contributed by atoms with van der Waals surface area (Å²) >= 11 is 0. The summed E-state index contributed by atoms with van der Waals surface area (Å²) < 4.78 is 72.8. The number of hydrogen-bond acceptors (Lipinski definition) is 4. The highest BCUT2D eigenvalue weighted by Gasteiger charge is 2.32. The van der Waals surface area contributed by atoms with Crippen LogP contribution in [0.4, 0.5) is 13.2 Å². The molecule has 6 nitrogen and oxygen atoms in total. The van der Waals surface area contributed by atoms with Crippen molar-refractivity contribution >= 4 is 22.2 Å². The first-order valence-corrected chi connectivity index (χ1v) is 11.6. The Bertz CT molecular complexity index is 1290. The van der Waals surface area contributed by atoms with Crippen LogP contribution in [0.25, 0.3) is 11.1 Å². The number of hydrazone groups is 1. The van der Waals surface area contributed by atoms with Gasteiger partial charge in [-0.05, 0) is 42.2 Å². The van der Waals surface area contributed by atoms with Crippen molar-refractivity contribution in [3.63, 3.8) is 0 Å². The first kappa shape index (κ1) is 25.1. The molecule has 0 aliphatic rings. The van der Waals surface area contributed by atoms with Gasteiger partial charge in [0.2, 0.25) is 5.91 Å². The Morgan fingerprint density at radius 3 is 2.32 bits per heavy atom. The summed E-state index contributed by atoms with van der Waals surface area (Å²) in [5, 5.41) is 3.86. The third kappa shape index (κ3) is 6.75.